The van der Waals surface area contributed by atoms with E-state index in [0.29, 0.717) is 12.1 Å². The van der Waals surface area contributed by atoms with Crippen LogP contribution in [0.5, 0.6) is 0 Å². The predicted octanol–water partition coefficient (Wildman–Crippen LogP) is 2.35. The van der Waals surface area contributed by atoms with Gasteiger partial charge in [-0.15, -0.1) is 0 Å². The van der Waals surface area contributed by atoms with Gasteiger partial charge in [0, 0.05) is 12.6 Å². The largest absolute Gasteiger partial charge is 0.377 e. The smallest absolute Gasteiger partial charge is 0.0808 e. The van der Waals surface area contributed by atoms with Gasteiger partial charge in [-0.3, -0.25) is 0 Å². The second-order valence-corrected chi connectivity index (χ2v) is 4.59. The highest BCUT2D eigenvalue weighted by Crippen LogP contribution is 2.12. The van der Waals surface area contributed by atoms with E-state index in [-0.39, 0.29) is 0 Å². The zero-order chi connectivity index (χ0) is 11.6. The second kappa shape index (κ2) is 8.97. The summed E-state index contributed by atoms with van der Waals surface area (Å²) in [6.07, 6.45) is 6.33. The molecule has 0 aromatic carbocycles. The van der Waals surface area contributed by atoms with E-state index in [9.17, 15) is 0 Å². The predicted molar refractivity (Wildman–Crippen MR) is 66.8 cm³/mol. The van der Waals surface area contributed by atoms with Crippen molar-refractivity contribution in [3.63, 3.8) is 0 Å². The molecular weight excluding hydrogens is 202 g/mol. The summed E-state index contributed by atoms with van der Waals surface area (Å²) < 4.78 is 11.4. The van der Waals surface area contributed by atoms with Crippen LogP contribution in [0.4, 0.5) is 0 Å². The highest BCUT2D eigenvalue weighted by Gasteiger charge is 2.14. The average Bonchev–Trinajstić information content (AvgIpc) is 2.35. The molecule has 0 aromatic heterocycles. The first-order valence-electron chi connectivity index (χ1n) is 6.79. The van der Waals surface area contributed by atoms with Crippen LogP contribution in [0.25, 0.3) is 0 Å². The van der Waals surface area contributed by atoms with Crippen molar-refractivity contribution in [3.8, 4) is 0 Å². The highest BCUT2D eigenvalue weighted by molar-refractivity contribution is 4.66. The number of hydrogen-bond donors (Lipinski definition) is 1. The molecule has 0 aliphatic carbocycles. The SMILES string of the molecule is CCCNC(CC)COCC1CCCCO1. The number of hydrogen-bond acceptors (Lipinski definition) is 3. The second-order valence-electron chi connectivity index (χ2n) is 4.59. The maximum Gasteiger partial charge on any atom is 0.0808 e. The zero-order valence-electron chi connectivity index (χ0n) is 10.8. The van der Waals surface area contributed by atoms with Crippen molar-refractivity contribution in [3.05, 3.63) is 0 Å². The summed E-state index contributed by atoms with van der Waals surface area (Å²) in [5.41, 5.74) is 0. The maximum atomic E-state index is 5.74. The molecule has 1 saturated heterocycles. The highest BCUT2D eigenvalue weighted by atomic mass is 16.5. The summed E-state index contributed by atoms with van der Waals surface area (Å²) in [6, 6.07) is 0.503. The summed E-state index contributed by atoms with van der Waals surface area (Å²) in [6.45, 7) is 7.98. The van der Waals surface area contributed by atoms with Gasteiger partial charge in [0.2, 0.25) is 0 Å². The van der Waals surface area contributed by atoms with Crippen LogP contribution in [-0.2, 0) is 9.47 Å². The number of nitrogens with one attached hydrogen (secondary N) is 1. The lowest BCUT2D eigenvalue weighted by Gasteiger charge is -2.24. The van der Waals surface area contributed by atoms with E-state index < -0.39 is 0 Å². The Morgan fingerprint density at radius 1 is 1.38 bits per heavy atom. The van der Waals surface area contributed by atoms with Crippen molar-refractivity contribution in [1.82, 2.24) is 5.32 Å². The fourth-order valence-electron chi connectivity index (χ4n) is 1.95. The minimum atomic E-state index is 0.345. The summed E-state index contributed by atoms with van der Waals surface area (Å²) in [4.78, 5) is 0. The van der Waals surface area contributed by atoms with Crippen LogP contribution >= 0.6 is 0 Å². The van der Waals surface area contributed by atoms with Gasteiger partial charge in [-0.05, 0) is 38.6 Å². The molecule has 0 bridgehead atoms. The van der Waals surface area contributed by atoms with Gasteiger partial charge in [0.25, 0.3) is 0 Å². The van der Waals surface area contributed by atoms with E-state index in [2.05, 4.69) is 19.2 Å². The van der Waals surface area contributed by atoms with Gasteiger partial charge in [0.15, 0.2) is 0 Å². The van der Waals surface area contributed by atoms with E-state index in [1.807, 2.05) is 0 Å². The Balaban J connectivity index is 2.02. The fourth-order valence-corrected chi connectivity index (χ4v) is 1.95. The molecule has 1 N–H and O–H groups in total. The normalized spacial score (nSPS) is 23.2. The Hall–Kier alpha value is -0.120. The maximum absolute atomic E-state index is 5.74. The van der Waals surface area contributed by atoms with Gasteiger partial charge in [0.1, 0.15) is 0 Å². The minimum absolute atomic E-state index is 0.345. The van der Waals surface area contributed by atoms with Gasteiger partial charge >= 0.3 is 0 Å². The van der Waals surface area contributed by atoms with E-state index in [1.165, 1.54) is 25.7 Å². The van der Waals surface area contributed by atoms with Crippen LogP contribution in [-0.4, -0.2) is 38.5 Å². The molecule has 1 fully saturated rings. The Bertz CT molecular complexity index is 158. The van der Waals surface area contributed by atoms with E-state index in [0.717, 1.165) is 32.8 Å². The van der Waals surface area contributed by atoms with Crippen molar-refractivity contribution >= 4 is 0 Å². The Kier molecular flexibility index (Phi) is 7.81. The fraction of sp³-hybridized carbons (Fsp3) is 1.00. The monoisotopic (exact) mass is 229 g/mol. The van der Waals surface area contributed by atoms with Crippen molar-refractivity contribution in [2.75, 3.05) is 26.4 Å². The van der Waals surface area contributed by atoms with Crippen molar-refractivity contribution in [2.24, 2.45) is 0 Å². The first kappa shape index (κ1) is 13.9. The minimum Gasteiger partial charge on any atom is -0.377 e. The van der Waals surface area contributed by atoms with Crippen LogP contribution in [0.1, 0.15) is 46.0 Å². The van der Waals surface area contributed by atoms with Gasteiger partial charge in [0.05, 0.1) is 19.3 Å². The van der Waals surface area contributed by atoms with Crippen molar-refractivity contribution < 1.29 is 9.47 Å². The molecule has 1 rings (SSSR count). The van der Waals surface area contributed by atoms with Crippen molar-refractivity contribution in [2.45, 2.75) is 58.1 Å². The van der Waals surface area contributed by atoms with Gasteiger partial charge < -0.3 is 14.8 Å². The summed E-state index contributed by atoms with van der Waals surface area (Å²) >= 11 is 0. The lowest BCUT2D eigenvalue weighted by Crippen LogP contribution is -2.35. The lowest BCUT2D eigenvalue weighted by atomic mass is 10.1. The van der Waals surface area contributed by atoms with Crippen LogP contribution in [0, 0.1) is 0 Å². The third-order valence-corrected chi connectivity index (χ3v) is 3.07. The molecule has 0 aromatic rings. The van der Waals surface area contributed by atoms with Crippen LogP contribution < -0.4 is 5.32 Å². The molecule has 2 unspecified atom stereocenters. The Morgan fingerprint density at radius 2 is 2.25 bits per heavy atom. The molecule has 2 atom stereocenters. The molecule has 3 nitrogen and oxygen atoms in total. The third kappa shape index (κ3) is 5.83. The topological polar surface area (TPSA) is 30.5 Å². The quantitative estimate of drug-likeness (QED) is 0.693. The molecular formula is C13H27NO2. The summed E-state index contributed by atoms with van der Waals surface area (Å²) in [7, 11) is 0. The van der Waals surface area contributed by atoms with Crippen LogP contribution in [0.2, 0.25) is 0 Å². The molecule has 16 heavy (non-hydrogen) atoms. The van der Waals surface area contributed by atoms with Crippen molar-refractivity contribution in [1.29, 1.82) is 0 Å². The molecule has 0 radical (unpaired) electrons. The number of ether oxygens (including phenoxy) is 2. The van der Waals surface area contributed by atoms with Gasteiger partial charge in [-0.1, -0.05) is 13.8 Å². The third-order valence-electron chi connectivity index (χ3n) is 3.07. The molecule has 3 heteroatoms. The Morgan fingerprint density at radius 3 is 2.88 bits per heavy atom. The lowest BCUT2D eigenvalue weighted by molar-refractivity contribution is -0.0442. The van der Waals surface area contributed by atoms with E-state index >= 15 is 0 Å². The zero-order valence-corrected chi connectivity index (χ0v) is 10.8. The molecule has 1 aliphatic heterocycles. The van der Waals surface area contributed by atoms with Crippen LogP contribution in [0.3, 0.4) is 0 Å². The first-order valence-corrected chi connectivity index (χ1v) is 6.79. The van der Waals surface area contributed by atoms with E-state index in [1.54, 1.807) is 0 Å². The molecule has 0 saturated carbocycles. The standard InChI is InChI=1S/C13H27NO2/c1-3-8-14-12(4-2)10-15-11-13-7-5-6-9-16-13/h12-14H,3-11H2,1-2H3. The Labute approximate surface area is 99.9 Å². The molecule has 96 valence electrons. The summed E-state index contributed by atoms with van der Waals surface area (Å²) in [5, 5.41) is 3.49. The molecule has 0 spiro atoms. The molecule has 0 amide bonds. The summed E-state index contributed by atoms with van der Waals surface area (Å²) in [5.74, 6) is 0. The van der Waals surface area contributed by atoms with Crippen LogP contribution in [0.15, 0.2) is 0 Å². The molecule has 1 heterocycles. The molecule has 1 aliphatic rings. The van der Waals surface area contributed by atoms with Gasteiger partial charge in [-0.25, -0.2) is 0 Å². The average molecular weight is 229 g/mol. The number of rotatable bonds is 8. The van der Waals surface area contributed by atoms with E-state index in [4.69, 9.17) is 9.47 Å². The first-order chi connectivity index (χ1) is 7.86. The van der Waals surface area contributed by atoms with Gasteiger partial charge in [-0.2, -0.15) is 0 Å².